The number of nitrogens with zero attached hydrogens (tertiary/aromatic N) is 2. The zero-order valence-corrected chi connectivity index (χ0v) is 9.57. The topological polar surface area (TPSA) is 72.0 Å². The molecule has 0 aliphatic rings. The second-order valence-corrected chi connectivity index (χ2v) is 5.47. The molecule has 0 radical (unpaired) electrons. The zero-order chi connectivity index (χ0) is 10.6. The number of aromatic nitrogens is 2. The number of nitrogens with one attached hydrogen (secondary N) is 1. The summed E-state index contributed by atoms with van der Waals surface area (Å²) in [6, 6.07) is 0. The van der Waals surface area contributed by atoms with Crippen LogP contribution in [0.1, 0.15) is 11.9 Å². The van der Waals surface area contributed by atoms with E-state index in [9.17, 15) is 9.00 Å². The summed E-state index contributed by atoms with van der Waals surface area (Å²) in [4.78, 5) is 11.2. The third-order valence-corrected chi connectivity index (χ3v) is 3.37. The Morgan fingerprint density at radius 2 is 2.29 bits per heavy atom. The van der Waals surface area contributed by atoms with Gasteiger partial charge in [-0.2, -0.15) is 0 Å². The highest BCUT2D eigenvalue weighted by Crippen LogP contribution is 2.13. The highest BCUT2D eigenvalue weighted by Gasteiger charge is 2.08. The minimum absolute atomic E-state index is 0.0229. The molecule has 0 saturated carbocycles. The Morgan fingerprint density at radius 1 is 1.57 bits per heavy atom. The third kappa shape index (κ3) is 3.51. The van der Waals surface area contributed by atoms with Gasteiger partial charge in [0.15, 0.2) is 0 Å². The first-order valence-electron chi connectivity index (χ1n) is 4.06. The van der Waals surface area contributed by atoms with Crippen LogP contribution in [-0.2, 0) is 15.6 Å². The quantitative estimate of drug-likeness (QED) is 0.824. The van der Waals surface area contributed by atoms with Crippen LogP contribution in [0.2, 0.25) is 0 Å². The van der Waals surface area contributed by atoms with Crippen LogP contribution in [0.25, 0.3) is 0 Å². The second kappa shape index (κ2) is 5.16. The Morgan fingerprint density at radius 3 is 2.79 bits per heavy atom. The van der Waals surface area contributed by atoms with E-state index in [-0.39, 0.29) is 11.7 Å². The first kappa shape index (κ1) is 11.3. The Balaban J connectivity index is 2.45. The fourth-order valence-corrected chi connectivity index (χ4v) is 1.93. The lowest BCUT2D eigenvalue weighted by Gasteiger charge is -1.98. The number of aryl methyl sites for hydroxylation is 1. The number of carbonyl (C=O) groups is 1. The summed E-state index contributed by atoms with van der Waals surface area (Å²) in [7, 11) is -1.08. The van der Waals surface area contributed by atoms with Gasteiger partial charge in [-0.1, -0.05) is 18.3 Å². The van der Waals surface area contributed by atoms with Gasteiger partial charge in [-0.15, -0.1) is 10.2 Å². The third-order valence-electron chi connectivity index (χ3n) is 1.39. The van der Waals surface area contributed by atoms with Gasteiger partial charge in [0.25, 0.3) is 0 Å². The Labute approximate surface area is 88.4 Å². The van der Waals surface area contributed by atoms with Crippen molar-refractivity contribution in [3.63, 3.8) is 0 Å². The van der Waals surface area contributed by atoms with Crippen molar-refractivity contribution < 1.29 is 9.00 Å². The number of hydrogen-bond donors (Lipinski definition) is 1. The van der Waals surface area contributed by atoms with Gasteiger partial charge >= 0.3 is 0 Å². The first-order chi connectivity index (χ1) is 6.61. The van der Waals surface area contributed by atoms with Crippen LogP contribution in [0.15, 0.2) is 0 Å². The van der Waals surface area contributed by atoms with Crippen LogP contribution in [-0.4, -0.2) is 31.8 Å². The summed E-state index contributed by atoms with van der Waals surface area (Å²) in [5, 5.41) is 11.3. The normalized spacial score (nSPS) is 12.4. The fraction of sp³-hybridized carbons (Fsp3) is 0.571. The van der Waals surface area contributed by atoms with E-state index in [1.165, 1.54) is 11.3 Å². The van der Waals surface area contributed by atoms with Crippen molar-refractivity contribution in [3.05, 3.63) is 5.01 Å². The van der Waals surface area contributed by atoms with Crippen LogP contribution in [0.3, 0.4) is 0 Å². The van der Waals surface area contributed by atoms with Gasteiger partial charge in [-0.05, 0) is 6.92 Å². The summed E-state index contributed by atoms with van der Waals surface area (Å²) in [5.74, 6) is 0.235. The van der Waals surface area contributed by atoms with Gasteiger partial charge in [0.1, 0.15) is 10.8 Å². The summed E-state index contributed by atoms with van der Waals surface area (Å²) in [6.07, 6.45) is 0. The molecular formula is C7H11N3O2S2. The first-order valence-corrected chi connectivity index (χ1v) is 6.37. The molecule has 0 aromatic carbocycles. The molecule has 1 unspecified atom stereocenters. The molecule has 0 bridgehead atoms. The maximum absolute atomic E-state index is 11.2. The highest BCUT2D eigenvalue weighted by atomic mass is 32.2. The molecule has 78 valence electrons. The summed E-state index contributed by atoms with van der Waals surface area (Å²) >= 11 is 1.30. The lowest BCUT2D eigenvalue weighted by molar-refractivity contribution is -0.113. The summed E-state index contributed by atoms with van der Waals surface area (Å²) < 4.78 is 11.0. The van der Waals surface area contributed by atoms with Crippen molar-refractivity contribution in [2.75, 3.05) is 16.8 Å². The van der Waals surface area contributed by atoms with Gasteiger partial charge in [0.05, 0.1) is 0 Å². The maximum Gasteiger partial charge on any atom is 0.238 e. The van der Waals surface area contributed by atoms with Gasteiger partial charge in [0, 0.05) is 16.6 Å². The molecule has 0 aliphatic carbocycles. The lowest BCUT2D eigenvalue weighted by Crippen LogP contribution is -2.20. The molecule has 1 N–H and O–H groups in total. The summed E-state index contributed by atoms with van der Waals surface area (Å²) in [5.41, 5.74) is 0. The van der Waals surface area contributed by atoms with Crippen molar-refractivity contribution in [2.45, 2.75) is 13.8 Å². The monoisotopic (exact) mass is 233 g/mol. The Bertz CT molecular complexity index is 350. The van der Waals surface area contributed by atoms with Crippen molar-refractivity contribution in [2.24, 2.45) is 0 Å². The van der Waals surface area contributed by atoms with Gasteiger partial charge in [-0.3, -0.25) is 14.3 Å². The predicted molar refractivity (Wildman–Crippen MR) is 56.8 cm³/mol. The van der Waals surface area contributed by atoms with E-state index in [0.717, 1.165) is 5.01 Å². The number of rotatable bonds is 4. The molecule has 1 amide bonds. The number of anilines is 1. The Kier molecular flexibility index (Phi) is 4.15. The van der Waals surface area contributed by atoms with E-state index in [1.807, 2.05) is 0 Å². The molecule has 1 atom stereocenters. The molecule has 0 spiro atoms. The molecule has 0 fully saturated rings. The molecule has 7 heteroatoms. The fourth-order valence-electron chi connectivity index (χ4n) is 0.751. The Hall–Kier alpha value is -0.820. The van der Waals surface area contributed by atoms with Crippen molar-refractivity contribution in [1.29, 1.82) is 0 Å². The van der Waals surface area contributed by atoms with Crippen LogP contribution in [0.5, 0.6) is 0 Å². The molecule has 14 heavy (non-hydrogen) atoms. The van der Waals surface area contributed by atoms with Crippen LogP contribution < -0.4 is 5.32 Å². The average Bonchev–Trinajstić information content (AvgIpc) is 2.50. The molecule has 0 aliphatic heterocycles. The minimum Gasteiger partial charge on any atom is -0.300 e. The van der Waals surface area contributed by atoms with Gasteiger partial charge in [0.2, 0.25) is 11.0 Å². The second-order valence-electron chi connectivity index (χ2n) is 2.55. The van der Waals surface area contributed by atoms with E-state index in [0.29, 0.717) is 10.9 Å². The SMILES string of the molecule is CCS(=O)CC(=O)Nc1nnc(C)s1. The predicted octanol–water partition coefficient (Wildman–Crippen LogP) is 0.554. The van der Waals surface area contributed by atoms with Gasteiger partial charge < -0.3 is 0 Å². The largest absolute Gasteiger partial charge is 0.300 e. The lowest BCUT2D eigenvalue weighted by atomic mass is 10.7. The van der Waals surface area contributed by atoms with E-state index < -0.39 is 10.8 Å². The van der Waals surface area contributed by atoms with Crippen LogP contribution in [0, 0.1) is 6.92 Å². The van der Waals surface area contributed by atoms with E-state index in [4.69, 9.17) is 0 Å². The van der Waals surface area contributed by atoms with Crippen LogP contribution in [0.4, 0.5) is 5.13 Å². The molecule has 0 saturated heterocycles. The number of amides is 1. The van der Waals surface area contributed by atoms with Crippen molar-refractivity contribution >= 4 is 33.2 Å². The number of carbonyl (C=O) groups excluding carboxylic acids is 1. The van der Waals surface area contributed by atoms with Crippen LogP contribution >= 0.6 is 11.3 Å². The van der Waals surface area contributed by atoms with E-state index in [1.54, 1.807) is 13.8 Å². The molecule has 1 aromatic heterocycles. The zero-order valence-electron chi connectivity index (χ0n) is 7.94. The maximum atomic E-state index is 11.2. The summed E-state index contributed by atoms with van der Waals surface area (Å²) in [6.45, 7) is 3.58. The molecular weight excluding hydrogens is 222 g/mol. The molecule has 1 rings (SSSR count). The smallest absolute Gasteiger partial charge is 0.238 e. The van der Waals surface area contributed by atoms with Gasteiger partial charge in [-0.25, -0.2) is 0 Å². The molecule has 1 aromatic rings. The van der Waals surface area contributed by atoms with E-state index in [2.05, 4.69) is 15.5 Å². The minimum atomic E-state index is -1.08. The highest BCUT2D eigenvalue weighted by molar-refractivity contribution is 7.85. The number of hydrogen-bond acceptors (Lipinski definition) is 5. The van der Waals surface area contributed by atoms with E-state index >= 15 is 0 Å². The van der Waals surface area contributed by atoms with Crippen molar-refractivity contribution in [3.8, 4) is 0 Å². The van der Waals surface area contributed by atoms with Crippen molar-refractivity contribution in [1.82, 2.24) is 10.2 Å². The average molecular weight is 233 g/mol. The standard InChI is InChI=1S/C7H11N3O2S2/c1-3-14(12)4-6(11)8-7-10-9-5(2)13-7/h3-4H2,1-2H3,(H,8,10,11). The molecule has 1 heterocycles. The molecule has 5 nitrogen and oxygen atoms in total.